The van der Waals surface area contributed by atoms with Crippen molar-refractivity contribution in [2.75, 3.05) is 11.1 Å². The molecule has 0 saturated carbocycles. The molecule has 1 aromatic heterocycles. The molecule has 0 atom stereocenters. The molecule has 0 saturated heterocycles. The molecule has 0 fully saturated rings. The summed E-state index contributed by atoms with van der Waals surface area (Å²) < 4.78 is 27.8. The summed E-state index contributed by atoms with van der Waals surface area (Å²) in [6.45, 7) is 0. The van der Waals surface area contributed by atoms with Crippen molar-refractivity contribution in [3.05, 3.63) is 93.7 Å². The Labute approximate surface area is 184 Å². The highest BCUT2D eigenvalue weighted by molar-refractivity contribution is 7.99. The summed E-state index contributed by atoms with van der Waals surface area (Å²) in [5.74, 6) is -2.65. The molecule has 0 aliphatic heterocycles. The van der Waals surface area contributed by atoms with Crippen molar-refractivity contribution in [3.63, 3.8) is 0 Å². The maximum absolute atomic E-state index is 13.4. The number of amides is 1. The Morgan fingerprint density at radius 1 is 1.03 bits per heavy atom. The van der Waals surface area contributed by atoms with Crippen molar-refractivity contribution in [2.24, 2.45) is 0 Å². The number of nitrogens with zero attached hydrogens (tertiary/aromatic N) is 2. The molecule has 0 unspecified atom stereocenters. The first-order valence-electron chi connectivity index (χ1n) is 9.08. The fourth-order valence-corrected chi connectivity index (χ4v) is 3.98. The van der Waals surface area contributed by atoms with Gasteiger partial charge in [-0.25, -0.2) is 13.8 Å². The third-order valence-corrected chi connectivity index (χ3v) is 5.63. The van der Waals surface area contributed by atoms with Crippen molar-refractivity contribution in [2.45, 2.75) is 5.16 Å². The smallest absolute Gasteiger partial charge is 0.266 e. The second kappa shape index (κ2) is 8.87. The van der Waals surface area contributed by atoms with Gasteiger partial charge in [-0.2, -0.15) is 0 Å². The zero-order chi connectivity index (χ0) is 22.0. The number of rotatable bonds is 5. The molecule has 0 aliphatic carbocycles. The van der Waals surface area contributed by atoms with Crippen molar-refractivity contribution >= 4 is 45.9 Å². The Morgan fingerprint density at radius 2 is 1.77 bits per heavy atom. The van der Waals surface area contributed by atoms with Crippen LogP contribution >= 0.6 is 23.4 Å². The molecule has 3 aromatic carbocycles. The number of nitrogens with one attached hydrogen (secondary N) is 1. The van der Waals surface area contributed by atoms with Crippen molar-refractivity contribution in [3.8, 4) is 5.69 Å². The molecule has 5 nitrogen and oxygen atoms in total. The number of anilines is 1. The summed E-state index contributed by atoms with van der Waals surface area (Å²) >= 11 is 7.34. The Bertz CT molecular complexity index is 1360. The number of hydrogen-bond donors (Lipinski definition) is 1. The molecule has 0 bridgehead atoms. The lowest BCUT2D eigenvalue weighted by Crippen LogP contribution is -2.23. The van der Waals surface area contributed by atoms with Gasteiger partial charge in [0.2, 0.25) is 5.91 Å². The monoisotopic (exact) mass is 457 g/mol. The number of para-hydroxylation sites is 2. The number of fused-ring (bicyclic) bond motifs is 1. The molecule has 31 heavy (non-hydrogen) atoms. The van der Waals surface area contributed by atoms with Gasteiger partial charge in [0.05, 0.1) is 27.4 Å². The van der Waals surface area contributed by atoms with Crippen LogP contribution in [0.4, 0.5) is 14.5 Å². The van der Waals surface area contributed by atoms with Crippen LogP contribution in [0, 0.1) is 11.6 Å². The van der Waals surface area contributed by atoms with Gasteiger partial charge in [0.15, 0.2) is 16.8 Å². The summed E-state index contributed by atoms with van der Waals surface area (Å²) in [5.41, 5.74) is 0.733. The predicted octanol–water partition coefficient (Wildman–Crippen LogP) is 5.05. The van der Waals surface area contributed by atoms with Crippen LogP contribution in [-0.2, 0) is 4.79 Å². The normalized spacial score (nSPS) is 10.9. The molecule has 0 radical (unpaired) electrons. The van der Waals surface area contributed by atoms with Gasteiger partial charge in [0.1, 0.15) is 0 Å². The zero-order valence-corrected chi connectivity index (χ0v) is 17.4. The van der Waals surface area contributed by atoms with Gasteiger partial charge in [0, 0.05) is 11.8 Å². The van der Waals surface area contributed by atoms with Crippen LogP contribution in [0.2, 0.25) is 5.02 Å². The van der Waals surface area contributed by atoms with E-state index >= 15 is 0 Å². The fraction of sp³-hybridized carbons (Fsp3) is 0.0455. The number of carbonyl (C=O) groups excluding carboxylic acids is 1. The lowest BCUT2D eigenvalue weighted by atomic mass is 10.2. The highest BCUT2D eigenvalue weighted by Crippen LogP contribution is 2.26. The molecule has 0 aliphatic rings. The standard InChI is InChI=1S/C22H14ClF2N3O2S/c23-15-6-2-4-8-19(15)28-21(30)14-5-1-3-7-18(14)27-22(28)31-12-20(29)26-13-9-10-16(24)17(25)11-13/h1-11H,12H2,(H,26,29). The number of carbonyl (C=O) groups is 1. The van der Waals surface area contributed by atoms with E-state index < -0.39 is 17.5 Å². The van der Waals surface area contributed by atoms with Crippen LogP contribution in [-0.4, -0.2) is 21.2 Å². The van der Waals surface area contributed by atoms with E-state index in [9.17, 15) is 18.4 Å². The topological polar surface area (TPSA) is 64.0 Å². The summed E-state index contributed by atoms with van der Waals surface area (Å²) in [7, 11) is 0. The van der Waals surface area contributed by atoms with E-state index in [2.05, 4.69) is 10.3 Å². The van der Waals surface area contributed by atoms with Gasteiger partial charge >= 0.3 is 0 Å². The van der Waals surface area contributed by atoms with E-state index in [4.69, 9.17) is 11.6 Å². The van der Waals surface area contributed by atoms with E-state index in [-0.39, 0.29) is 22.2 Å². The van der Waals surface area contributed by atoms with Crippen LogP contribution in [0.5, 0.6) is 0 Å². The van der Waals surface area contributed by atoms with Crippen LogP contribution < -0.4 is 10.9 Å². The third kappa shape index (κ3) is 4.45. The van der Waals surface area contributed by atoms with E-state index in [1.807, 2.05) is 0 Å². The zero-order valence-electron chi connectivity index (χ0n) is 15.8. The van der Waals surface area contributed by atoms with Crippen molar-refractivity contribution < 1.29 is 13.6 Å². The highest BCUT2D eigenvalue weighted by Gasteiger charge is 2.16. The number of halogens is 3. The molecule has 1 amide bonds. The second-order valence-corrected chi connectivity index (χ2v) is 7.82. The Hall–Kier alpha value is -3.23. The fourth-order valence-electron chi connectivity index (χ4n) is 2.96. The molecule has 156 valence electrons. The minimum atomic E-state index is -1.06. The summed E-state index contributed by atoms with van der Waals surface area (Å²) in [5, 5.41) is 3.54. The van der Waals surface area contributed by atoms with E-state index in [1.165, 1.54) is 10.6 Å². The Kier molecular flexibility index (Phi) is 6.01. The second-order valence-electron chi connectivity index (χ2n) is 6.47. The van der Waals surface area contributed by atoms with E-state index in [0.717, 1.165) is 23.9 Å². The van der Waals surface area contributed by atoms with E-state index in [0.29, 0.717) is 21.6 Å². The van der Waals surface area contributed by atoms with Gasteiger partial charge in [-0.05, 0) is 36.4 Å². The quantitative estimate of drug-likeness (QED) is 0.336. The third-order valence-electron chi connectivity index (χ3n) is 4.37. The molecule has 0 spiro atoms. The van der Waals surface area contributed by atoms with Crippen LogP contribution in [0.1, 0.15) is 0 Å². The lowest BCUT2D eigenvalue weighted by molar-refractivity contribution is -0.113. The maximum Gasteiger partial charge on any atom is 0.266 e. The van der Waals surface area contributed by atoms with Crippen LogP contribution in [0.15, 0.2) is 76.7 Å². The SMILES string of the molecule is O=C(CSc1nc2ccccc2c(=O)n1-c1ccccc1Cl)Nc1ccc(F)c(F)c1. The average molecular weight is 458 g/mol. The predicted molar refractivity (Wildman–Crippen MR) is 118 cm³/mol. The van der Waals surface area contributed by atoms with Gasteiger partial charge in [-0.3, -0.25) is 14.2 Å². The molecule has 4 rings (SSSR count). The molecule has 1 heterocycles. The Balaban J connectivity index is 1.67. The largest absolute Gasteiger partial charge is 0.325 e. The highest BCUT2D eigenvalue weighted by atomic mass is 35.5. The molecular formula is C22H14ClF2N3O2S. The van der Waals surface area contributed by atoms with Crippen LogP contribution in [0.3, 0.4) is 0 Å². The molecule has 1 N–H and O–H groups in total. The molecule has 9 heteroatoms. The van der Waals surface area contributed by atoms with Gasteiger partial charge in [-0.15, -0.1) is 0 Å². The van der Waals surface area contributed by atoms with Crippen molar-refractivity contribution in [1.29, 1.82) is 0 Å². The summed E-state index contributed by atoms with van der Waals surface area (Å²) in [4.78, 5) is 30.1. The first-order valence-corrected chi connectivity index (χ1v) is 10.4. The van der Waals surface area contributed by atoms with Crippen LogP contribution in [0.25, 0.3) is 16.6 Å². The van der Waals surface area contributed by atoms with E-state index in [1.54, 1.807) is 48.5 Å². The lowest BCUT2D eigenvalue weighted by Gasteiger charge is -2.14. The van der Waals surface area contributed by atoms with Gasteiger partial charge in [-0.1, -0.05) is 47.6 Å². The van der Waals surface area contributed by atoms with Crippen molar-refractivity contribution in [1.82, 2.24) is 9.55 Å². The first-order chi connectivity index (χ1) is 14.9. The maximum atomic E-state index is 13.4. The minimum Gasteiger partial charge on any atom is -0.325 e. The molecular weight excluding hydrogens is 444 g/mol. The van der Waals surface area contributed by atoms with Gasteiger partial charge in [0.25, 0.3) is 5.56 Å². The summed E-state index contributed by atoms with van der Waals surface area (Å²) in [6.07, 6.45) is 0. The first kappa shape index (κ1) is 21.0. The number of thioether (sulfide) groups is 1. The molecule has 4 aromatic rings. The number of hydrogen-bond acceptors (Lipinski definition) is 4. The minimum absolute atomic E-state index is 0.117. The Morgan fingerprint density at radius 3 is 2.55 bits per heavy atom. The van der Waals surface area contributed by atoms with Gasteiger partial charge < -0.3 is 5.32 Å². The average Bonchev–Trinajstić information content (AvgIpc) is 2.76. The summed E-state index contributed by atoms with van der Waals surface area (Å²) in [6, 6.07) is 16.8. The number of aromatic nitrogens is 2. The number of benzene rings is 3.